The van der Waals surface area contributed by atoms with Crippen LogP contribution >= 0.6 is 0 Å². The smallest absolute Gasteiger partial charge is 0.155 e. The average Bonchev–Trinajstić information content (AvgIpc) is 2.69. The van der Waals surface area contributed by atoms with Gasteiger partial charge in [-0.1, -0.05) is 53.7 Å². The summed E-state index contributed by atoms with van der Waals surface area (Å²) in [5, 5.41) is 0. The van der Waals surface area contributed by atoms with E-state index in [9.17, 15) is 9.59 Å². The van der Waals surface area contributed by atoms with E-state index in [-0.39, 0.29) is 35.5 Å². The van der Waals surface area contributed by atoms with Gasteiger partial charge in [-0.15, -0.1) is 0 Å². The van der Waals surface area contributed by atoms with Gasteiger partial charge < -0.3 is 0 Å². The first-order chi connectivity index (χ1) is 13.6. The van der Waals surface area contributed by atoms with Crippen molar-refractivity contribution in [1.82, 2.24) is 9.80 Å². The summed E-state index contributed by atoms with van der Waals surface area (Å²) in [7, 11) is 4.05. The molecule has 0 aliphatic carbocycles. The zero-order valence-electron chi connectivity index (χ0n) is 22.6. The van der Waals surface area contributed by atoms with Crippen LogP contribution in [0.25, 0.3) is 0 Å². The molecular weight excluding hydrogens is 372 g/mol. The third-order valence-corrected chi connectivity index (χ3v) is 6.41. The van der Waals surface area contributed by atoms with Crippen LogP contribution in [0.5, 0.6) is 0 Å². The SMILES string of the molecule is CC.CC(C)C(=O)C(C)(CC=CCC(C)(C(=O)C(C)C)N(C)C(C)C)N(C)C(C)C. The zero-order valence-corrected chi connectivity index (χ0v) is 22.6. The molecular formula is C26H52N2O2. The van der Waals surface area contributed by atoms with Crippen LogP contribution < -0.4 is 0 Å². The number of likely N-dealkylation sites (N-methyl/N-ethyl adjacent to an activating group) is 2. The minimum Gasteiger partial charge on any atom is -0.297 e. The third kappa shape index (κ3) is 7.92. The van der Waals surface area contributed by atoms with Gasteiger partial charge in [-0.3, -0.25) is 19.4 Å². The van der Waals surface area contributed by atoms with E-state index < -0.39 is 11.1 Å². The maximum Gasteiger partial charge on any atom is 0.155 e. The van der Waals surface area contributed by atoms with E-state index in [1.807, 2.05) is 69.5 Å². The Kier molecular flexibility index (Phi) is 14.0. The molecule has 0 saturated carbocycles. The van der Waals surface area contributed by atoms with E-state index in [0.29, 0.717) is 12.8 Å². The van der Waals surface area contributed by atoms with E-state index in [1.165, 1.54) is 0 Å². The van der Waals surface area contributed by atoms with Crippen molar-refractivity contribution in [2.24, 2.45) is 11.8 Å². The van der Waals surface area contributed by atoms with Gasteiger partial charge >= 0.3 is 0 Å². The number of Topliss-reactive ketones (excluding diaryl/α,β-unsaturated/α-hetero) is 2. The third-order valence-electron chi connectivity index (χ3n) is 6.41. The maximum atomic E-state index is 13.0. The Bertz CT molecular complexity index is 503. The Balaban J connectivity index is 0. The molecule has 4 heteroatoms. The van der Waals surface area contributed by atoms with Gasteiger partial charge in [0.15, 0.2) is 11.6 Å². The van der Waals surface area contributed by atoms with Gasteiger partial charge in [0, 0.05) is 23.9 Å². The summed E-state index contributed by atoms with van der Waals surface area (Å²) in [5.41, 5.74) is -1.08. The van der Waals surface area contributed by atoms with E-state index in [1.54, 1.807) is 0 Å². The summed E-state index contributed by atoms with van der Waals surface area (Å²) in [5.74, 6) is 0.487. The number of hydrogen-bond acceptors (Lipinski definition) is 4. The average molecular weight is 425 g/mol. The summed E-state index contributed by atoms with van der Waals surface area (Å²) >= 11 is 0. The van der Waals surface area contributed by atoms with E-state index >= 15 is 0 Å². The van der Waals surface area contributed by atoms with Gasteiger partial charge in [-0.05, 0) is 68.5 Å². The standard InChI is InChI=1S/C24H46N2O2.C2H6/c1-17(2)21(27)23(9,25(11)19(5)6)15-13-14-16-24(10,22(28)18(3)4)26(12)20(7)8;1-2/h13-14,17-20H,15-16H2,1-12H3;1-2H3. The quantitative estimate of drug-likeness (QED) is 0.360. The molecule has 0 aliphatic rings. The Morgan fingerprint density at radius 3 is 1.07 bits per heavy atom. The van der Waals surface area contributed by atoms with Crippen LogP contribution in [0.2, 0.25) is 0 Å². The molecule has 2 atom stereocenters. The second kappa shape index (κ2) is 13.4. The molecule has 0 N–H and O–H groups in total. The Morgan fingerprint density at radius 2 is 0.900 bits per heavy atom. The maximum absolute atomic E-state index is 13.0. The molecule has 0 aromatic carbocycles. The van der Waals surface area contributed by atoms with Gasteiger partial charge in [-0.2, -0.15) is 0 Å². The van der Waals surface area contributed by atoms with Crippen LogP contribution in [0.3, 0.4) is 0 Å². The number of hydrogen-bond donors (Lipinski definition) is 0. The minimum atomic E-state index is -0.540. The normalized spacial score (nSPS) is 16.4. The molecule has 0 saturated heterocycles. The number of carbonyl (C=O) groups excluding carboxylic acids is 2. The second-order valence-electron chi connectivity index (χ2n) is 9.87. The molecule has 0 amide bonds. The lowest BCUT2D eigenvalue weighted by Gasteiger charge is -2.41. The van der Waals surface area contributed by atoms with Crippen molar-refractivity contribution in [1.29, 1.82) is 0 Å². The Labute approximate surface area is 188 Å². The molecule has 0 fully saturated rings. The van der Waals surface area contributed by atoms with E-state index in [2.05, 4.69) is 49.6 Å². The lowest BCUT2D eigenvalue weighted by atomic mass is 9.82. The fourth-order valence-electron chi connectivity index (χ4n) is 3.85. The largest absolute Gasteiger partial charge is 0.297 e. The number of nitrogens with zero attached hydrogens (tertiary/aromatic N) is 2. The molecule has 2 unspecified atom stereocenters. The van der Waals surface area contributed by atoms with Crippen LogP contribution in [0.1, 0.15) is 95.9 Å². The van der Waals surface area contributed by atoms with Gasteiger partial charge in [0.25, 0.3) is 0 Å². The molecule has 178 valence electrons. The zero-order chi connectivity index (χ0) is 24.4. The lowest BCUT2D eigenvalue weighted by molar-refractivity contribution is -0.134. The molecule has 0 aliphatic heterocycles. The van der Waals surface area contributed by atoms with Crippen molar-refractivity contribution in [2.75, 3.05) is 14.1 Å². The first kappa shape index (κ1) is 31.2. The highest BCUT2D eigenvalue weighted by atomic mass is 16.1. The Hall–Kier alpha value is -1.00. The number of rotatable bonds is 12. The van der Waals surface area contributed by atoms with Gasteiger partial charge in [0.05, 0.1) is 11.1 Å². The molecule has 0 rings (SSSR count). The van der Waals surface area contributed by atoms with Crippen molar-refractivity contribution < 1.29 is 9.59 Å². The second-order valence-corrected chi connectivity index (χ2v) is 9.87. The number of carbonyl (C=O) groups is 2. The fraction of sp³-hybridized carbons (Fsp3) is 0.846. The fourth-order valence-corrected chi connectivity index (χ4v) is 3.85. The van der Waals surface area contributed by atoms with Crippen LogP contribution in [-0.4, -0.2) is 58.6 Å². The van der Waals surface area contributed by atoms with Crippen molar-refractivity contribution in [3.63, 3.8) is 0 Å². The first-order valence-electron chi connectivity index (χ1n) is 11.8. The van der Waals surface area contributed by atoms with Gasteiger partial charge in [0.1, 0.15) is 0 Å². The summed E-state index contributed by atoms with van der Waals surface area (Å²) in [6.45, 7) is 24.4. The molecule has 4 nitrogen and oxygen atoms in total. The molecule has 0 aromatic heterocycles. The highest BCUT2D eigenvalue weighted by Gasteiger charge is 2.40. The van der Waals surface area contributed by atoms with Crippen LogP contribution in [-0.2, 0) is 9.59 Å². The lowest BCUT2D eigenvalue weighted by Crippen LogP contribution is -2.55. The highest BCUT2D eigenvalue weighted by molar-refractivity contribution is 5.90. The van der Waals surface area contributed by atoms with Crippen LogP contribution in [0.4, 0.5) is 0 Å². The van der Waals surface area contributed by atoms with Crippen LogP contribution in [0.15, 0.2) is 12.2 Å². The summed E-state index contributed by atoms with van der Waals surface area (Å²) in [4.78, 5) is 30.2. The molecule has 0 spiro atoms. The molecule has 0 heterocycles. The molecule has 30 heavy (non-hydrogen) atoms. The van der Waals surface area contributed by atoms with Crippen molar-refractivity contribution in [3.8, 4) is 0 Å². The van der Waals surface area contributed by atoms with Gasteiger partial charge in [0.2, 0.25) is 0 Å². The highest BCUT2D eigenvalue weighted by Crippen LogP contribution is 2.28. The van der Waals surface area contributed by atoms with E-state index in [0.717, 1.165) is 0 Å². The Morgan fingerprint density at radius 1 is 0.667 bits per heavy atom. The molecule has 0 aromatic rings. The summed E-state index contributed by atoms with van der Waals surface area (Å²) < 4.78 is 0. The van der Waals surface area contributed by atoms with Gasteiger partial charge in [-0.25, -0.2) is 0 Å². The topological polar surface area (TPSA) is 40.6 Å². The molecule has 0 bridgehead atoms. The molecule has 0 radical (unpaired) electrons. The van der Waals surface area contributed by atoms with Crippen LogP contribution in [0, 0.1) is 11.8 Å². The predicted molar refractivity (Wildman–Crippen MR) is 132 cm³/mol. The first-order valence-corrected chi connectivity index (χ1v) is 11.8. The van der Waals surface area contributed by atoms with Crippen molar-refractivity contribution in [2.45, 2.75) is 119 Å². The number of ketones is 2. The van der Waals surface area contributed by atoms with E-state index in [4.69, 9.17) is 0 Å². The summed E-state index contributed by atoms with van der Waals surface area (Å²) in [6, 6.07) is 0.557. The summed E-state index contributed by atoms with van der Waals surface area (Å²) in [6.07, 6.45) is 5.49. The monoisotopic (exact) mass is 424 g/mol. The predicted octanol–water partition coefficient (Wildman–Crippen LogP) is 6.00. The minimum absolute atomic E-state index is 0.0144. The van der Waals surface area contributed by atoms with Crippen molar-refractivity contribution in [3.05, 3.63) is 12.2 Å². The van der Waals surface area contributed by atoms with Crippen molar-refractivity contribution >= 4 is 11.6 Å².